The normalized spacial score (nSPS) is 19.7. The molecule has 0 spiro atoms. The first-order chi connectivity index (χ1) is 8.92. The molecular formula is C13H16N4S. The van der Waals surface area contributed by atoms with E-state index in [9.17, 15) is 0 Å². The van der Waals surface area contributed by atoms with Gasteiger partial charge in [-0.15, -0.1) is 11.3 Å². The van der Waals surface area contributed by atoms with Crippen molar-refractivity contribution in [3.05, 3.63) is 29.9 Å². The highest BCUT2D eigenvalue weighted by Crippen LogP contribution is 2.23. The maximum absolute atomic E-state index is 4.39. The molecule has 0 radical (unpaired) electrons. The molecular weight excluding hydrogens is 244 g/mol. The Morgan fingerprint density at radius 1 is 1.33 bits per heavy atom. The third-order valence-corrected chi connectivity index (χ3v) is 4.01. The fourth-order valence-electron chi connectivity index (χ4n) is 2.13. The number of thiophene rings is 1. The third-order valence-electron chi connectivity index (χ3n) is 3.09. The smallest absolute Gasteiger partial charge is 0.222 e. The number of hydrogen-bond donors (Lipinski definition) is 2. The molecule has 1 aliphatic heterocycles. The summed E-state index contributed by atoms with van der Waals surface area (Å²) in [6, 6.07) is 4.58. The van der Waals surface area contributed by atoms with Crippen molar-refractivity contribution in [3.63, 3.8) is 0 Å². The molecule has 0 aliphatic carbocycles. The molecule has 2 aromatic heterocycles. The zero-order valence-electron chi connectivity index (χ0n) is 10.1. The molecule has 1 fully saturated rings. The van der Waals surface area contributed by atoms with E-state index < -0.39 is 0 Å². The van der Waals surface area contributed by atoms with Crippen LogP contribution in [0, 0.1) is 0 Å². The molecule has 2 aromatic rings. The zero-order valence-corrected chi connectivity index (χ0v) is 10.9. The molecule has 18 heavy (non-hydrogen) atoms. The molecule has 1 saturated heterocycles. The molecule has 3 heterocycles. The van der Waals surface area contributed by atoms with E-state index in [2.05, 4.69) is 32.0 Å². The monoisotopic (exact) mass is 260 g/mol. The summed E-state index contributed by atoms with van der Waals surface area (Å²) in [6.07, 6.45) is 6.17. The van der Waals surface area contributed by atoms with Gasteiger partial charge in [0, 0.05) is 35.4 Å². The maximum atomic E-state index is 4.39. The Hall–Kier alpha value is -1.46. The van der Waals surface area contributed by atoms with E-state index in [0.29, 0.717) is 6.04 Å². The van der Waals surface area contributed by atoms with Crippen molar-refractivity contribution in [2.24, 2.45) is 0 Å². The van der Waals surface area contributed by atoms with Gasteiger partial charge in [0.25, 0.3) is 0 Å². The van der Waals surface area contributed by atoms with Gasteiger partial charge < -0.3 is 10.6 Å². The Bertz CT molecular complexity index is 474. The van der Waals surface area contributed by atoms with Gasteiger partial charge in [-0.2, -0.15) is 0 Å². The number of hydrogen-bond acceptors (Lipinski definition) is 5. The fraction of sp³-hybridized carbons (Fsp3) is 0.385. The van der Waals surface area contributed by atoms with Crippen LogP contribution < -0.4 is 10.6 Å². The molecule has 94 valence electrons. The van der Waals surface area contributed by atoms with Gasteiger partial charge in [-0.1, -0.05) is 6.07 Å². The molecule has 3 rings (SSSR count). The minimum atomic E-state index is 0.450. The van der Waals surface area contributed by atoms with Crippen LogP contribution in [-0.4, -0.2) is 29.1 Å². The highest BCUT2D eigenvalue weighted by molar-refractivity contribution is 7.13. The molecule has 2 N–H and O–H groups in total. The molecule has 1 aliphatic rings. The largest absolute Gasteiger partial charge is 0.350 e. The van der Waals surface area contributed by atoms with Gasteiger partial charge >= 0.3 is 0 Å². The van der Waals surface area contributed by atoms with Crippen molar-refractivity contribution in [2.75, 3.05) is 18.4 Å². The predicted octanol–water partition coefficient (Wildman–Crippen LogP) is 2.37. The number of nitrogens with one attached hydrogen (secondary N) is 2. The minimum absolute atomic E-state index is 0.450. The van der Waals surface area contributed by atoms with Crippen molar-refractivity contribution in [3.8, 4) is 10.4 Å². The van der Waals surface area contributed by atoms with Gasteiger partial charge in [-0.3, -0.25) is 0 Å². The van der Waals surface area contributed by atoms with E-state index in [4.69, 9.17) is 0 Å². The lowest BCUT2D eigenvalue weighted by molar-refractivity contribution is 0.478. The van der Waals surface area contributed by atoms with E-state index >= 15 is 0 Å². The fourth-order valence-corrected chi connectivity index (χ4v) is 2.83. The van der Waals surface area contributed by atoms with E-state index in [1.54, 1.807) is 11.3 Å². The first-order valence-electron chi connectivity index (χ1n) is 6.25. The Kier molecular flexibility index (Phi) is 3.52. The quantitative estimate of drug-likeness (QED) is 0.889. The third kappa shape index (κ3) is 2.68. The van der Waals surface area contributed by atoms with Crippen LogP contribution in [0.2, 0.25) is 0 Å². The molecule has 4 nitrogen and oxygen atoms in total. The summed E-state index contributed by atoms with van der Waals surface area (Å²) in [6.45, 7) is 2.12. The summed E-state index contributed by atoms with van der Waals surface area (Å²) >= 11 is 1.71. The molecule has 1 atom stereocenters. The first-order valence-corrected chi connectivity index (χ1v) is 7.13. The number of anilines is 1. The van der Waals surface area contributed by atoms with Gasteiger partial charge in [0.15, 0.2) is 0 Å². The van der Waals surface area contributed by atoms with Crippen LogP contribution in [0.5, 0.6) is 0 Å². The number of nitrogens with zero attached hydrogens (tertiary/aromatic N) is 2. The summed E-state index contributed by atoms with van der Waals surface area (Å²) in [4.78, 5) is 9.98. The van der Waals surface area contributed by atoms with Crippen molar-refractivity contribution in [1.82, 2.24) is 15.3 Å². The SMILES string of the molecule is c1csc(-c2cnc(NC3CCCNC3)nc2)c1. The number of aromatic nitrogens is 2. The lowest BCUT2D eigenvalue weighted by atomic mass is 10.1. The molecule has 0 bridgehead atoms. The van der Waals surface area contributed by atoms with Crippen molar-refractivity contribution in [2.45, 2.75) is 18.9 Å². The van der Waals surface area contributed by atoms with Crippen molar-refractivity contribution < 1.29 is 0 Å². The van der Waals surface area contributed by atoms with Gasteiger partial charge in [0.1, 0.15) is 0 Å². The highest BCUT2D eigenvalue weighted by atomic mass is 32.1. The summed E-state index contributed by atoms with van der Waals surface area (Å²) in [5.74, 6) is 0.726. The van der Waals surface area contributed by atoms with Crippen LogP contribution in [0.4, 0.5) is 5.95 Å². The van der Waals surface area contributed by atoms with Crippen LogP contribution in [0.15, 0.2) is 29.9 Å². The number of rotatable bonds is 3. The van der Waals surface area contributed by atoms with E-state index in [1.165, 1.54) is 17.7 Å². The van der Waals surface area contributed by atoms with Crippen LogP contribution in [0.3, 0.4) is 0 Å². The Labute approximate surface area is 110 Å². The second kappa shape index (κ2) is 5.46. The average Bonchev–Trinajstić information content (AvgIpc) is 2.95. The zero-order chi connectivity index (χ0) is 12.2. The van der Waals surface area contributed by atoms with Crippen LogP contribution in [0.25, 0.3) is 10.4 Å². The van der Waals surface area contributed by atoms with Crippen LogP contribution >= 0.6 is 11.3 Å². The van der Waals surface area contributed by atoms with Crippen LogP contribution in [0.1, 0.15) is 12.8 Å². The summed E-state index contributed by atoms with van der Waals surface area (Å²) in [7, 11) is 0. The standard InChI is InChI=1S/C13H16N4S/c1-3-11(9-14-5-1)17-13-15-7-10(8-16-13)12-4-2-6-18-12/h2,4,6-8,11,14H,1,3,5,9H2,(H,15,16,17). The van der Waals surface area contributed by atoms with Gasteiger partial charge in [-0.25, -0.2) is 9.97 Å². The molecule has 0 amide bonds. The Morgan fingerprint density at radius 2 is 2.22 bits per heavy atom. The van der Waals surface area contributed by atoms with Gasteiger partial charge in [-0.05, 0) is 30.8 Å². The van der Waals surface area contributed by atoms with E-state index in [-0.39, 0.29) is 0 Å². The van der Waals surface area contributed by atoms with Crippen molar-refractivity contribution >= 4 is 17.3 Å². The lowest BCUT2D eigenvalue weighted by Gasteiger charge is -2.23. The first kappa shape index (κ1) is 11.6. The molecule has 5 heteroatoms. The highest BCUT2D eigenvalue weighted by Gasteiger charge is 2.13. The Morgan fingerprint density at radius 3 is 2.89 bits per heavy atom. The molecule has 1 unspecified atom stereocenters. The van der Waals surface area contributed by atoms with Crippen LogP contribution in [-0.2, 0) is 0 Å². The summed E-state index contributed by atoms with van der Waals surface area (Å²) < 4.78 is 0. The second-order valence-electron chi connectivity index (χ2n) is 4.46. The second-order valence-corrected chi connectivity index (χ2v) is 5.41. The van der Waals surface area contributed by atoms with Gasteiger partial charge in [0.05, 0.1) is 0 Å². The Balaban J connectivity index is 1.67. The van der Waals surface area contributed by atoms with Crippen molar-refractivity contribution in [1.29, 1.82) is 0 Å². The summed E-state index contributed by atoms with van der Waals surface area (Å²) in [5, 5.41) is 8.81. The molecule has 0 saturated carbocycles. The maximum Gasteiger partial charge on any atom is 0.222 e. The average molecular weight is 260 g/mol. The van der Waals surface area contributed by atoms with E-state index in [0.717, 1.165) is 24.6 Å². The molecule has 0 aromatic carbocycles. The van der Waals surface area contributed by atoms with Gasteiger partial charge in [0.2, 0.25) is 5.95 Å². The number of piperidine rings is 1. The topological polar surface area (TPSA) is 49.8 Å². The summed E-state index contributed by atoms with van der Waals surface area (Å²) in [5.41, 5.74) is 1.08. The minimum Gasteiger partial charge on any atom is -0.350 e. The lowest BCUT2D eigenvalue weighted by Crippen LogP contribution is -2.38. The van der Waals surface area contributed by atoms with E-state index in [1.807, 2.05) is 18.5 Å². The predicted molar refractivity (Wildman–Crippen MR) is 74.9 cm³/mol.